The fraction of sp³-hybridized carbons (Fsp3) is 0.455. The van der Waals surface area contributed by atoms with Crippen LogP contribution in [0.25, 0.3) is 0 Å². The third-order valence-electron chi connectivity index (χ3n) is 2.33. The number of hydrogen-bond acceptors (Lipinski definition) is 4. The Kier molecular flexibility index (Phi) is 5.18. The van der Waals surface area contributed by atoms with Crippen LogP contribution in [0, 0.1) is 0 Å². The second-order valence-corrected chi connectivity index (χ2v) is 5.92. The zero-order valence-corrected chi connectivity index (χ0v) is 10.6. The molecular weight excluding hydrogens is 264 g/mol. The highest BCUT2D eigenvalue weighted by Crippen LogP contribution is 2.15. The van der Waals surface area contributed by atoms with Crippen LogP contribution < -0.4 is 5.32 Å². The van der Waals surface area contributed by atoms with E-state index in [4.69, 9.17) is 0 Å². The number of hydrogen-bond donors (Lipinski definition) is 2. The Morgan fingerprint density at radius 1 is 1.22 bits per heavy atom. The summed E-state index contributed by atoms with van der Waals surface area (Å²) in [5.41, 5.74) is 0.476. The van der Waals surface area contributed by atoms with Gasteiger partial charge >= 0.3 is 0 Å². The minimum absolute atomic E-state index is 0.0113. The van der Waals surface area contributed by atoms with Crippen LogP contribution in [0.2, 0.25) is 0 Å². The summed E-state index contributed by atoms with van der Waals surface area (Å²) in [7, 11) is -3.27. The van der Waals surface area contributed by atoms with Crippen LogP contribution in [0.3, 0.4) is 0 Å². The van der Waals surface area contributed by atoms with Crippen molar-refractivity contribution in [2.24, 2.45) is 0 Å². The summed E-state index contributed by atoms with van der Waals surface area (Å²) in [6.07, 6.45) is -2.33. The van der Waals surface area contributed by atoms with E-state index < -0.39 is 28.9 Å². The Labute approximate surface area is 105 Å². The van der Waals surface area contributed by atoms with Crippen LogP contribution in [0.1, 0.15) is 11.7 Å². The Bertz CT molecular complexity index is 474. The lowest BCUT2D eigenvalue weighted by Crippen LogP contribution is -2.26. The molecule has 0 saturated carbocycles. The molecule has 7 heteroatoms. The van der Waals surface area contributed by atoms with Gasteiger partial charge in [-0.15, -0.1) is 0 Å². The molecule has 0 bridgehead atoms. The maximum Gasteiger partial charge on any atom is 0.250 e. The topological polar surface area (TPSA) is 66.4 Å². The lowest BCUT2D eigenvalue weighted by atomic mass is 10.1. The molecule has 102 valence electrons. The fourth-order valence-corrected chi connectivity index (χ4v) is 2.01. The van der Waals surface area contributed by atoms with Crippen molar-refractivity contribution < 1.29 is 22.3 Å². The Morgan fingerprint density at radius 3 is 2.22 bits per heavy atom. The maximum atomic E-state index is 11.9. The van der Waals surface area contributed by atoms with Gasteiger partial charge < -0.3 is 10.4 Å². The molecule has 0 spiro atoms. The van der Waals surface area contributed by atoms with Crippen molar-refractivity contribution in [1.29, 1.82) is 0 Å². The van der Waals surface area contributed by atoms with E-state index in [1.165, 1.54) is 24.3 Å². The first-order valence-corrected chi connectivity index (χ1v) is 7.17. The quantitative estimate of drug-likeness (QED) is 0.814. The van der Waals surface area contributed by atoms with Crippen molar-refractivity contribution in [3.05, 3.63) is 29.8 Å². The van der Waals surface area contributed by atoms with E-state index in [1.54, 1.807) is 0 Å². The molecule has 0 aliphatic rings. The Morgan fingerprint density at radius 2 is 1.78 bits per heavy atom. The SMILES string of the molecule is CS(=O)(=O)c1ccc(C(O)CNCC(F)F)cc1. The first-order valence-electron chi connectivity index (χ1n) is 5.27. The number of nitrogens with one attached hydrogen (secondary N) is 1. The molecule has 2 N–H and O–H groups in total. The van der Waals surface area contributed by atoms with Crippen molar-refractivity contribution in [2.75, 3.05) is 19.3 Å². The van der Waals surface area contributed by atoms with Crippen LogP contribution in [0.4, 0.5) is 8.78 Å². The van der Waals surface area contributed by atoms with Crippen LogP contribution in [0.15, 0.2) is 29.2 Å². The molecule has 0 amide bonds. The van der Waals surface area contributed by atoms with E-state index in [1.807, 2.05) is 0 Å². The number of rotatable bonds is 6. The Hall–Kier alpha value is -1.05. The second kappa shape index (κ2) is 6.21. The molecule has 0 saturated heterocycles. The monoisotopic (exact) mass is 279 g/mol. The molecule has 1 aromatic carbocycles. The van der Waals surface area contributed by atoms with Crippen molar-refractivity contribution in [1.82, 2.24) is 5.32 Å². The molecule has 0 heterocycles. The van der Waals surface area contributed by atoms with Crippen molar-refractivity contribution in [3.8, 4) is 0 Å². The van der Waals surface area contributed by atoms with E-state index in [9.17, 15) is 22.3 Å². The maximum absolute atomic E-state index is 11.9. The molecule has 1 rings (SSSR count). The lowest BCUT2D eigenvalue weighted by molar-refractivity contribution is 0.129. The largest absolute Gasteiger partial charge is 0.387 e. The summed E-state index contributed by atoms with van der Waals surface area (Å²) in [4.78, 5) is 0.152. The predicted octanol–water partition coefficient (Wildman–Crippen LogP) is 0.978. The van der Waals surface area contributed by atoms with Crippen LogP contribution in [-0.2, 0) is 9.84 Å². The second-order valence-electron chi connectivity index (χ2n) is 3.91. The molecule has 0 aliphatic heterocycles. The van der Waals surface area contributed by atoms with Gasteiger partial charge in [-0.25, -0.2) is 17.2 Å². The average molecular weight is 279 g/mol. The third-order valence-corrected chi connectivity index (χ3v) is 3.46. The summed E-state index contributed by atoms with van der Waals surface area (Å²) in [6, 6.07) is 5.68. The normalized spacial score (nSPS) is 13.8. The van der Waals surface area contributed by atoms with Gasteiger partial charge in [0.05, 0.1) is 17.5 Å². The first kappa shape index (κ1) is 15.0. The highest BCUT2D eigenvalue weighted by Gasteiger charge is 2.11. The van der Waals surface area contributed by atoms with Crippen LogP contribution >= 0.6 is 0 Å². The summed E-state index contributed by atoms with van der Waals surface area (Å²) in [6.45, 7) is -0.499. The predicted molar refractivity (Wildman–Crippen MR) is 63.4 cm³/mol. The minimum atomic E-state index is -3.27. The van der Waals surface area contributed by atoms with E-state index in [-0.39, 0.29) is 11.4 Å². The van der Waals surface area contributed by atoms with Crippen LogP contribution in [-0.4, -0.2) is 39.3 Å². The molecule has 0 fully saturated rings. The zero-order valence-electron chi connectivity index (χ0n) is 9.81. The van der Waals surface area contributed by atoms with E-state index in [0.29, 0.717) is 5.56 Å². The zero-order chi connectivity index (χ0) is 13.8. The van der Waals surface area contributed by atoms with Gasteiger partial charge in [-0.1, -0.05) is 12.1 Å². The van der Waals surface area contributed by atoms with E-state index in [2.05, 4.69) is 5.32 Å². The van der Waals surface area contributed by atoms with Gasteiger partial charge in [0.15, 0.2) is 9.84 Å². The number of halogens is 2. The standard InChI is InChI=1S/C11H15F2NO3S/c1-18(16,17)9-4-2-8(3-5-9)10(15)6-14-7-11(12)13/h2-5,10-11,14-15H,6-7H2,1H3. The van der Waals surface area contributed by atoms with Crippen molar-refractivity contribution in [2.45, 2.75) is 17.4 Å². The first-order chi connectivity index (χ1) is 8.30. The molecule has 1 unspecified atom stereocenters. The van der Waals surface area contributed by atoms with Crippen LogP contribution in [0.5, 0.6) is 0 Å². The molecule has 0 radical (unpaired) electrons. The summed E-state index contributed by atoms with van der Waals surface area (Å²) >= 11 is 0. The molecular formula is C11H15F2NO3S. The van der Waals surface area contributed by atoms with Gasteiger partial charge in [0.25, 0.3) is 6.43 Å². The van der Waals surface area contributed by atoms with Gasteiger partial charge in [-0.05, 0) is 17.7 Å². The van der Waals surface area contributed by atoms with Gasteiger partial charge in [0.2, 0.25) is 0 Å². The van der Waals surface area contributed by atoms with Crippen molar-refractivity contribution in [3.63, 3.8) is 0 Å². The number of benzene rings is 1. The Balaban J connectivity index is 2.62. The number of aliphatic hydroxyl groups excluding tert-OH is 1. The third kappa shape index (κ3) is 4.67. The lowest BCUT2D eigenvalue weighted by Gasteiger charge is -2.12. The molecule has 1 aromatic rings. The number of aliphatic hydroxyl groups is 1. The fourth-order valence-electron chi connectivity index (χ4n) is 1.38. The van der Waals surface area contributed by atoms with Gasteiger partial charge in [0.1, 0.15) is 0 Å². The molecule has 4 nitrogen and oxygen atoms in total. The van der Waals surface area contributed by atoms with Gasteiger partial charge in [-0.3, -0.25) is 0 Å². The smallest absolute Gasteiger partial charge is 0.250 e. The van der Waals surface area contributed by atoms with Crippen molar-refractivity contribution >= 4 is 9.84 Å². The average Bonchev–Trinajstić information content (AvgIpc) is 2.27. The highest BCUT2D eigenvalue weighted by molar-refractivity contribution is 7.90. The summed E-state index contributed by atoms with van der Waals surface area (Å²) in [5, 5.41) is 12.1. The highest BCUT2D eigenvalue weighted by atomic mass is 32.2. The van der Waals surface area contributed by atoms with E-state index in [0.717, 1.165) is 6.26 Å². The molecule has 18 heavy (non-hydrogen) atoms. The van der Waals surface area contributed by atoms with E-state index >= 15 is 0 Å². The minimum Gasteiger partial charge on any atom is -0.387 e. The molecule has 1 atom stereocenters. The number of alkyl halides is 2. The number of sulfone groups is 1. The summed E-state index contributed by atoms with van der Waals surface area (Å²) in [5.74, 6) is 0. The molecule has 0 aliphatic carbocycles. The van der Waals surface area contributed by atoms with Gasteiger partial charge in [-0.2, -0.15) is 0 Å². The molecule has 0 aromatic heterocycles. The summed E-state index contributed by atoms with van der Waals surface area (Å²) < 4.78 is 46.1. The van der Waals surface area contributed by atoms with Gasteiger partial charge in [0, 0.05) is 12.8 Å².